The van der Waals surface area contributed by atoms with Gasteiger partial charge in [-0.25, -0.2) is 4.98 Å². The van der Waals surface area contributed by atoms with E-state index in [4.69, 9.17) is 16.3 Å². The Morgan fingerprint density at radius 3 is 2.59 bits per heavy atom. The average molecular weight is 542 g/mol. The molecule has 2 N–H and O–H groups in total. The number of fused-ring (bicyclic) bond motifs is 6. The number of nitrogens with one attached hydrogen (secondary N) is 2. The number of benzene rings is 2. The first-order chi connectivity index (χ1) is 17.8. The summed E-state index contributed by atoms with van der Waals surface area (Å²) in [7, 11) is 5.64. The molecule has 1 fully saturated rings. The van der Waals surface area contributed by atoms with Crippen molar-refractivity contribution in [1.29, 1.82) is 0 Å². The maximum absolute atomic E-state index is 12.3. The van der Waals surface area contributed by atoms with Gasteiger partial charge in [0.25, 0.3) is 0 Å². The summed E-state index contributed by atoms with van der Waals surface area (Å²) in [5, 5.41) is 7.08. The predicted molar refractivity (Wildman–Crippen MR) is 153 cm³/mol. The molecule has 0 radical (unpaired) electrons. The second-order valence-corrected chi connectivity index (χ2v) is 11.2. The molecule has 1 aromatic heterocycles. The number of hydrogen-bond donors (Lipinski definition) is 2. The average Bonchev–Trinajstić information content (AvgIpc) is 2.89. The monoisotopic (exact) mass is 541 g/mol. The minimum Gasteiger partial charge on any atom is -0.593 e. The molecule has 2 aromatic carbocycles. The van der Waals surface area contributed by atoms with Crippen LogP contribution in [0.15, 0.2) is 36.5 Å². The minimum absolute atomic E-state index is 0.384. The molecule has 3 aromatic rings. The standard InChI is InChI=1S/C26H32ClN7O2S/c1-32-9-11-34(12-10-32)23-15-24(36-3)21-14-18(23)7-5-17-6-8-22(33(2)37(4)35)20(13-17)29-25-19(27)16-28-26(30-21)31-25/h6,8,13-16H,5,7,9-12H2,1-4H3,(H2,28,29,30,31). The third kappa shape index (κ3) is 5.52. The van der Waals surface area contributed by atoms with Gasteiger partial charge >= 0.3 is 0 Å². The number of ether oxygens (including phenoxy) is 1. The molecule has 0 saturated carbocycles. The van der Waals surface area contributed by atoms with Crippen LogP contribution in [0.1, 0.15) is 11.1 Å². The van der Waals surface area contributed by atoms with E-state index >= 15 is 0 Å². The molecule has 11 heteroatoms. The number of rotatable bonds is 4. The second-order valence-electron chi connectivity index (χ2n) is 9.38. The zero-order chi connectivity index (χ0) is 26.1. The first-order valence-electron chi connectivity index (χ1n) is 12.2. The lowest BCUT2D eigenvalue weighted by Gasteiger charge is -2.35. The van der Waals surface area contributed by atoms with E-state index in [-0.39, 0.29) is 0 Å². The number of halogens is 1. The van der Waals surface area contributed by atoms with Gasteiger partial charge in [0.05, 0.1) is 43.1 Å². The molecule has 1 atom stereocenters. The second kappa shape index (κ2) is 10.8. The van der Waals surface area contributed by atoms with Crippen LogP contribution in [0.4, 0.5) is 34.5 Å². The van der Waals surface area contributed by atoms with Crippen molar-refractivity contribution in [1.82, 2.24) is 14.9 Å². The molecule has 0 amide bonds. The zero-order valence-electron chi connectivity index (χ0n) is 21.5. The summed E-state index contributed by atoms with van der Waals surface area (Å²) in [6, 6.07) is 10.4. The van der Waals surface area contributed by atoms with Crippen molar-refractivity contribution in [2.75, 3.05) is 73.5 Å². The van der Waals surface area contributed by atoms with Crippen LogP contribution in [-0.4, -0.2) is 73.1 Å². The van der Waals surface area contributed by atoms with Gasteiger partial charge in [-0.1, -0.05) is 17.7 Å². The number of aryl methyl sites for hydroxylation is 2. The summed E-state index contributed by atoms with van der Waals surface area (Å²) < 4.78 is 19.8. The lowest BCUT2D eigenvalue weighted by molar-refractivity contribution is 0.312. The maximum Gasteiger partial charge on any atom is 0.229 e. The molecule has 5 rings (SSSR count). The van der Waals surface area contributed by atoms with E-state index in [2.05, 4.69) is 61.7 Å². The van der Waals surface area contributed by atoms with Crippen LogP contribution in [0.2, 0.25) is 5.02 Å². The topological polar surface area (TPSA) is 91.8 Å². The SMILES string of the molecule is COc1cc(N2CCN(C)CC2)c2cc1Nc1ncc(Cl)c(n1)Nc1cc(ccc1N(C)[S+](C)[O-])CC2. The van der Waals surface area contributed by atoms with Crippen LogP contribution in [0.25, 0.3) is 0 Å². The lowest BCUT2D eigenvalue weighted by atomic mass is 10.00. The molecule has 196 valence electrons. The van der Waals surface area contributed by atoms with Gasteiger partial charge in [-0.3, -0.25) is 0 Å². The highest BCUT2D eigenvalue weighted by Gasteiger charge is 2.22. The molecule has 0 aliphatic carbocycles. The number of methoxy groups -OCH3 is 1. The summed E-state index contributed by atoms with van der Waals surface area (Å²) >= 11 is 5.29. The fourth-order valence-electron chi connectivity index (χ4n) is 4.72. The van der Waals surface area contributed by atoms with Crippen molar-refractivity contribution >= 4 is 57.5 Å². The summed E-state index contributed by atoms with van der Waals surface area (Å²) in [4.78, 5) is 13.8. The summed E-state index contributed by atoms with van der Waals surface area (Å²) in [5.41, 5.74) is 5.96. The first-order valence-corrected chi connectivity index (χ1v) is 14.1. The molecular formula is C26H32ClN7O2S. The van der Waals surface area contributed by atoms with Gasteiger partial charge in [-0.05, 0) is 49.2 Å². The molecule has 2 aliphatic heterocycles. The van der Waals surface area contributed by atoms with Crippen LogP contribution in [-0.2, 0) is 24.2 Å². The van der Waals surface area contributed by atoms with Crippen LogP contribution in [0.5, 0.6) is 5.75 Å². The number of likely N-dealkylation sites (N-methyl/N-ethyl adjacent to an activating group) is 1. The molecule has 1 saturated heterocycles. The molecule has 37 heavy (non-hydrogen) atoms. The fourth-order valence-corrected chi connectivity index (χ4v) is 5.29. The van der Waals surface area contributed by atoms with Crippen LogP contribution in [0, 0.1) is 0 Å². The third-order valence-corrected chi connectivity index (χ3v) is 8.20. The third-order valence-electron chi connectivity index (χ3n) is 6.96. The van der Waals surface area contributed by atoms with Gasteiger partial charge in [0.2, 0.25) is 5.95 Å². The van der Waals surface area contributed by atoms with Crippen LogP contribution < -0.4 is 24.6 Å². The Morgan fingerprint density at radius 1 is 1.08 bits per heavy atom. The van der Waals surface area contributed by atoms with E-state index in [1.807, 2.05) is 6.07 Å². The minimum atomic E-state index is -1.19. The Labute approximate surface area is 226 Å². The predicted octanol–water partition coefficient (Wildman–Crippen LogP) is 4.21. The number of nitrogens with zero attached hydrogens (tertiary/aromatic N) is 5. The van der Waals surface area contributed by atoms with Crippen molar-refractivity contribution in [2.24, 2.45) is 0 Å². The van der Waals surface area contributed by atoms with E-state index in [0.717, 1.165) is 67.4 Å². The quantitative estimate of drug-likeness (QED) is 0.471. The normalized spacial score (nSPS) is 16.4. The van der Waals surface area contributed by atoms with Crippen molar-refractivity contribution in [3.63, 3.8) is 0 Å². The van der Waals surface area contributed by atoms with E-state index in [1.165, 1.54) is 11.3 Å². The molecule has 1 unspecified atom stereocenters. The van der Waals surface area contributed by atoms with Crippen LogP contribution >= 0.6 is 11.6 Å². The smallest absolute Gasteiger partial charge is 0.229 e. The van der Waals surface area contributed by atoms with Gasteiger partial charge in [0.15, 0.2) is 5.82 Å². The first kappa shape index (κ1) is 25.7. The molecule has 6 bridgehead atoms. The molecule has 3 heterocycles. The van der Waals surface area contributed by atoms with E-state index in [1.54, 1.807) is 30.9 Å². The summed E-state index contributed by atoms with van der Waals surface area (Å²) in [6.07, 6.45) is 4.89. The van der Waals surface area contributed by atoms with Gasteiger partial charge < -0.3 is 29.7 Å². The van der Waals surface area contributed by atoms with Gasteiger partial charge in [0, 0.05) is 37.9 Å². The summed E-state index contributed by atoms with van der Waals surface area (Å²) in [5.74, 6) is 1.59. The van der Waals surface area contributed by atoms with E-state index in [0.29, 0.717) is 16.8 Å². The molecule has 2 aliphatic rings. The van der Waals surface area contributed by atoms with Gasteiger partial charge in [0.1, 0.15) is 22.7 Å². The number of hydrogen-bond acceptors (Lipinski definition) is 9. The zero-order valence-corrected chi connectivity index (χ0v) is 23.1. The highest BCUT2D eigenvalue weighted by atomic mass is 35.5. The van der Waals surface area contributed by atoms with E-state index < -0.39 is 11.4 Å². The Morgan fingerprint density at radius 2 is 1.86 bits per heavy atom. The number of piperazine rings is 1. The van der Waals surface area contributed by atoms with Crippen molar-refractivity contribution in [2.45, 2.75) is 12.8 Å². The Balaban J connectivity index is 1.62. The van der Waals surface area contributed by atoms with Crippen molar-refractivity contribution in [3.8, 4) is 5.75 Å². The fraction of sp³-hybridized carbons (Fsp3) is 0.385. The number of aromatic nitrogens is 2. The Bertz CT molecular complexity index is 1280. The molecule has 9 nitrogen and oxygen atoms in total. The van der Waals surface area contributed by atoms with Gasteiger partial charge in [-0.15, -0.1) is 0 Å². The highest BCUT2D eigenvalue weighted by molar-refractivity contribution is 7.92. The molecule has 0 spiro atoms. The van der Waals surface area contributed by atoms with Gasteiger partial charge in [-0.2, -0.15) is 9.29 Å². The molecular weight excluding hydrogens is 510 g/mol. The van der Waals surface area contributed by atoms with Crippen molar-refractivity contribution < 1.29 is 9.29 Å². The lowest BCUT2D eigenvalue weighted by Crippen LogP contribution is -2.44. The Kier molecular flexibility index (Phi) is 7.52. The van der Waals surface area contributed by atoms with E-state index in [9.17, 15) is 4.55 Å². The maximum atomic E-state index is 12.3. The van der Waals surface area contributed by atoms with Crippen LogP contribution in [0.3, 0.4) is 0 Å². The Hall–Kier alpha value is -2.92. The largest absolute Gasteiger partial charge is 0.593 e. The summed E-state index contributed by atoms with van der Waals surface area (Å²) in [6.45, 7) is 3.97. The highest BCUT2D eigenvalue weighted by Crippen LogP contribution is 2.38. The van der Waals surface area contributed by atoms with Crippen molar-refractivity contribution in [3.05, 3.63) is 52.7 Å². The number of anilines is 6.